The van der Waals surface area contributed by atoms with E-state index in [1.54, 1.807) is 0 Å². The van der Waals surface area contributed by atoms with Crippen LogP contribution in [-0.4, -0.2) is 28.5 Å². The maximum absolute atomic E-state index is 11.3. The second-order valence-corrected chi connectivity index (χ2v) is 5.78. The van der Waals surface area contributed by atoms with Crippen molar-refractivity contribution in [3.8, 4) is 0 Å². The van der Waals surface area contributed by atoms with Crippen molar-refractivity contribution < 1.29 is 19.4 Å². The van der Waals surface area contributed by atoms with E-state index in [-0.39, 0.29) is 11.8 Å². The summed E-state index contributed by atoms with van der Waals surface area (Å²) in [6, 6.07) is 0. The van der Waals surface area contributed by atoms with Crippen molar-refractivity contribution in [1.82, 2.24) is 0 Å². The Balaban J connectivity index is 3.50. The molecule has 0 saturated carbocycles. The second kappa shape index (κ2) is 12.0. The molecular formula is C15H27ClO4. The number of hydrogen-bond acceptors (Lipinski definition) is 3. The molecule has 0 spiro atoms. The smallest absolute Gasteiger partial charge is 0.344 e. The molecule has 4 nitrogen and oxygen atoms in total. The van der Waals surface area contributed by atoms with Crippen LogP contribution in [0.3, 0.4) is 0 Å². The third-order valence-electron chi connectivity index (χ3n) is 3.18. The summed E-state index contributed by atoms with van der Waals surface area (Å²) in [5, 5.41) is 8.78. The molecule has 0 radical (unpaired) electrons. The number of unbranched alkanes of at least 4 members (excludes halogenated alkanes) is 4. The van der Waals surface area contributed by atoms with E-state index in [0.717, 1.165) is 19.3 Å². The van der Waals surface area contributed by atoms with Gasteiger partial charge in [-0.1, -0.05) is 39.0 Å². The third-order valence-corrected chi connectivity index (χ3v) is 3.61. The van der Waals surface area contributed by atoms with Crippen molar-refractivity contribution in [2.45, 2.75) is 83.1 Å². The molecule has 0 saturated heterocycles. The van der Waals surface area contributed by atoms with Crippen molar-refractivity contribution in [2.24, 2.45) is 0 Å². The van der Waals surface area contributed by atoms with Gasteiger partial charge in [-0.15, -0.1) is 11.6 Å². The van der Waals surface area contributed by atoms with E-state index in [9.17, 15) is 9.59 Å². The number of alkyl halides is 1. The Hall–Kier alpha value is -0.770. The Morgan fingerprint density at radius 1 is 1.10 bits per heavy atom. The predicted octanol–water partition coefficient (Wildman–Crippen LogP) is 4.14. The highest BCUT2D eigenvalue weighted by atomic mass is 35.5. The van der Waals surface area contributed by atoms with Gasteiger partial charge < -0.3 is 9.84 Å². The van der Waals surface area contributed by atoms with Gasteiger partial charge in [-0.3, -0.25) is 4.79 Å². The minimum atomic E-state index is -1.12. The minimum Gasteiger partial charge on any atom is -0.479 e. The molecule has 118 valence electrons. The van der Waals surface area contributed by atoms with Gasteiger partial charge in [0.2, 0.25) is 0 Å². The zero-order valence-electron chi connectivity index (χ0n) is 12.6. The van der Waals surface area contributed by atoms with Crippen LogP contribution in [0, 0.1) is 0 Å². The van der Waals surface area contributed by atoms with Crippen LogP contribution in [0.25, 0.3) is 0 Å². The normalized spacial score (nSPS) is 13.8. The standard InChI is InChI=1S/C15H27ClO4/c1-3-4-5-6-9-13(16)10-7-8-11-14(17)20-12(2)15(18)19/h12-13H,3-11H2,1-2H3,(H,18,19). The number of halogens is 1. The minimum absolute atomic E-state index is 0.181. The number of ether oxygens (including phenoxy) is 1. The van der Waals surface area contributed by atoms with Crippen LogP contribution in [0.1, 0.15) is 71.6 Å². The summed E-state index contributed by atoms with van der Waals surface area (Å²) in [6.07, 6.45) is 7.58. The van der Waals surface area contributed by atoms with Crippen LogP contribution in [0.15, 0.2) is 0 Å². The van der Waals surface area contributed by atoms with E-state index in [0.29, 0.717) is 6.42 Å². The van der Waals surface area contributed by atoms with Crippen molar-refractivity contribution >= 4 is 23.5 Å². The van der Waals surface area contributed by atoms with E-state index in [4.69, 9.17) is 21.4 Å². The lowest BCUT2D eigenvalue weighted by atomic mass is 10.1. The summed E-state index contributed by atoms with van der Waals surface area (Å²) in [5.74, 6) is -1.57. The molecule has 1 N–H and O–H groups in total. The lowest BCUT2D eigenvalue weighted by Gasteiger charge is -2.10. The number of carboxylic acids is 1. The summed E-state index contributed by atoms with van der Waals surface area (Å²) >= 11 is 6.21. The quantitative estimate of drug-likeness (QED) is 0.334. The van der Waals surface area contributed by atoms with Crippen molar-refractivity contribution in [3.05, 3.63) is 0 Å². The van der Waals surface area contributed by atoms with Gasteiger partial charge in [0.1, 0.15) is 0 Å². The van der Waals surface area contributed by atoms with Gasteiger partial charge in [0.25, 0.3) is 0 Å². The maximum Gasteiger partial charge on any atom is 0.344 e. The molecule has 0 aliphatic carbocycles. The Morgan fingerprint density at radius 2 is 1.70 bits per heavy atom. The first-order chi connectivity index (χ1) is 9.47. The van der Waals surface area contributed by atoms with Gasteiger partial charge in [-0.2, -0.15) is 0 Å². The number of carbonyl (C=O) groups excluding carboxylic acids is 1. The van der Waals surface area contributed by atoms with Gasteiger partial charge in [-0.05, 0) is 26.2 Å². The molecule has 0 amide bonds. The van der Waals surface area contributed by atoms with Crippen LogP contribution < -0.4 is 0 Å². The molecule has 0 fully saturated rings. The van der Waals surface area contributed by atoms with Crippen molar-refractivity contribution in [2.75, 3.05) is 0 Å². The van der Waals surface area contributed by atoms with Crippen molar-refractivity contribution in [1.29, 1.82) is 0 Å². The topological polar surface area (TPSA) is 63.6 Å². The Kier molecular flexibility index (Phi) is 11.5. The van der Waals surface area contributed by atoms with Crippen LogP contribution in [0.2, 0.25) is 0 Å². The number of carbonyl (C=O) groups is 2. The van der Waals surface area contributed by atoms with E-state index >= 15 is 0 Å². The van der Waals surface area contributed by atoms with E-state index in [2.05, 4.69) is 6.92 Å². The van der Waals surface area contributed by atoms with Crippen LogP contribution in [0.4, 0.5) is 0 Å². The molecule has 0 aromatic rings. The highest BCUT2D eigenvalue weighted by Crippen LogP contribution is 2.16. The molecule has 20 heavy (non-hydrogen) atoms. The second-order valence-electron chi connectivity index (χ2n) is 5.16. The molecule has 0 aliphatic heterocycles. The van der Waals surface area contributed by atoms with Crippen LogP contribution in [-0.2, 0) is 14.3 Å². The zero-order valence-corrected chi connectivity index (χ0v) is 13.3. The van der Waals surface area contributed by atoms with Gasteiger partial charge >= 0.3 is 11.9 Å². The van der Waals surface area contributed by atoms with Gasteiger partial charge in [0, 0.05) is 11.8 Å². The predicted molar refractivity (Wildman–Crippen MR) is 80.1 cm³/mol. The summed E-state index contributed by atoms with van der Waals surface area (Å²) in [6.45, 7) is 3.54. The molecular weight excluding hydrogens is 280 g/mol. The van der Waals surface area contributed by atoms with Crippen molar-refractivity contribution in [3.63, 3.8) is 0 Å². The summed E-state index contributed by atoms with van der Waals surface area (Å²) in [7, 11) is 0. The average molecular weight is 307 g/mol. The fourth-order valence-electron chi connectivity index (χ4n) is 1.88. The van der Waals surface area contributed by atoms with E-state index < -0.39 is 18.0 Å². The van der Waals surface area contributed by atoms with Crippen LogP contribution >= 0.6 is 11.6 Å². The number of hydrogen-bond donors (Lipinski definition) is 1. The van der Waals surface area contributed by atoms with E-state index in [1.807, 2.05) is 0 Å². The molecule has 0 aromatic heterocycles. The lowest BCUT2D eigenvalue weighted by Crippen LogP contribution is -2.23. The molecule has 2 unspecified atom stereocenters. The van der Waals surface area contributed by atoms with Gasteiger partial charge in [0.15, 0.2) is 6.10 Å². The summed E-state index contributed by atoms with van der Waals surface area (Å²) < 4.78 is 4.74. The fourth-order valence-corrected chi connectivity index (χ4v) is 2.19. The summed E-state index contributed by atoms with van der Waals surface area (Å²) in [5.41, 5.74) is 0. The lowest BCUT2D eigenvalue weighted by molar-refractivity contribution is -0.162. The Bertz CT molecular complexity index is 281. The van der Waals surface area contributed by atoms with Gasteiger partial charge in [0.05, 0.1) is 0 Å². The molecule has 2 atom stereocenters. The third kappa shape index (κ3) is 11.1. The average Bonchev–Trinajstić information content (AvgIpc) is 2.39. The number of rotatable bonds is 12. The first-order valence-electron chi connectivity index (χ1n) is 7.53. The molecule has 0 heterocycles. The first-order valence-corrected chi connectivity index (χ1v) is 7.97. The molecule has 0 aliphatic rings. The van der Waals surface area contributed by atoms with Gasteiger partial charge in [-0.25, -0.2) is 4.79 Å². The summed E-state index contributed by atoms with van der Waals surface area (Å²) in [4.78, 5) is 21.8. The monoisotopic (exact) mass is 306 g/mol. The molecule has 0 aromatic carbocycles. The highest BCUT2D eigenvalue weighted by Gasteiger charge is 2.15. The highest BCUT2D eigenvalue weighted by molar-refractivity contribution is 6.20. The maximum atomic E-state index is 11.3. The number of aliphatic carboxylic acids is 1. The largest absolute Gasteiger partial charge is 0.479 e. The molecule has 5 heteroatoms. The van der Waals surface area contributed by atoms with E-state index in [1.165, 1.54) is 32.6 Å². The fraction of sp³-hybridized carbons (Fsp3) is 0.867. The number of carboxylic acid groups (broad SMARTS) is 1. The van der Waals surface area contributed by atoms with Crippen LogP contribution in [0.5, 0.6) is 0 Å². The SMILES string of the molecule is CCCCCCC(Cl)CCCCC(=O)OC(C)C(=O)O. The molecule has 0 rings (SSSR count). The molecule has 0 bridgehead atoms. The number of esters is 1. The zero-order chi connectivity index (χ0) is 15.4. The Morgan fingerprint density at radius 3 is 2.25 bits per heavy atom. The Labute approximate surface area is 126 Å². The first kappa shape index (κ1) is 19.2.